The van der Waals surface area contributed by atoms with Crippen LogP contribution in [0.5, 0.6) is 0 Å². The van der Waals surface area contributed by atoms with Gasteiger partial charge in [0.25, 0.3) is 0 Å². The molecular weight excluding hydrogens is 326 g/mol. The Bertz CT molecular complexity index is 515. The van der Waals surface area contributed by atoms with Crippen molar-refractivity contribution in [1.82, 2.24) is 15.5 Å². The molecule has 0 aromatic carbocycles. The lowest BCUT2D eigenvalue weighted by Crippen LogP contribution is -2.41. The van der Waals surface area contributed by atoms with E-state index >= 15 is 0 Å². The third-order valence-corrected chi connectivity index (χ3v) is 5.69. The van der Waals surface area contributed by atoms with Crippen LogP contribution in [-0.4, -0.2) is 41.1 Å². The highest BCUT2D eigenvalue weighted by molar-refractivity contribution is 8.01. The van der Waals surface area contributed by atoms with Gasteiger partial charge < -0.3 is 10.1 Å². The number of aromatic nitrogens is 2. The van der Waals surface area contributed by atoms with Crippen molar-refractivity contribution in [2.45, 2.75) is 37.1 Å². The Labute approximate surface area is 138 Å². The van der Waals surface area contributed by atoms with Crippen molar-refractivity contribution < 1.29 is 9.53 Å². The van der Waals surface area contributed by atoms with Gasteiger partial charge in [0, 0.05) is 19.1 Å². The predicted molar refractivity (Wildman–Crippen MR) is 88.3 cm³/mol. The first-order valence-corrected chi connectivity index (χ1v) is 9.34. The number of hydrogen-bond donors (Lipinski definition) is 2. The maximum Gasteiger partial charge on any atom is 0.230 e. The molecule has 2 atom stereocenters. The topological polar surface area (TPSA) is 67.0 Å². The summed E-state index contributed by atoms with van der Waals surface area (Å²) >= 11 is 7.76. The van der Waals surface area contributed by atoms with Crippen molar-refractivity contribution in [1.29, 1.82) is 0 Å². The van der Waals surface area contributed by atoms with Gasteiger partial charge in [-0.25, -0.2) is 0 Å². The van der Waals surface area contributed by atoms with Gasteiger partial charge >= 0.3 is 0 Å². The second kappa shape index (κ2) is 8.26. The molecule has 2 rings (SSSR count). The number of hydrogen-bond acceptors (Lipinski definition) is 6. The maximum atomic E-state index is 11.9. The van der Waals surface area contributed by atoms with Crippen molar-refractivity contribution in [3.8, 4) is 0 Å². The van der Waals surface area contributed by atoms with Crippen LogP contribution in [-0.2, 0) is 9.53 Å². The molecule has 8 heteroatoms. The number of nitrogens with zero attached hydrogens (tertiary/aromatic N) is 1. The fraction of sp³-hybridized carbons (Fsp3) is 0.769. The third kappa shape index (κ3) is 5.36. The first kappa shape index (κ1) is 16.9. The van der Waals surface area contributed by atoms with Crippen LogP contribution in [0.1, 0.15) is 26.7 Å². The van der Waals surface area contributed by atoms with E-state index in [9.17, 15) is 4.79 Å². The molecule has 1 aromatic heterocycles. The molecular formula is C13H21N3O2S3. The third-order valence-electron chi connectivity index (χ3n) is 3.46. The first-order chi connectivity index (χ1) is 10.1. The SMILES string of the molecule is CC(C)C1OCCCC1CNC(=O)CSc1n[nH]c(=S)s1. The molecule has 0 spiro atoms. The Balaban J connectivity index is 1.73. The molecule has 0 bridgehead atoms. The molecule has 1 saturated heterocycles. The van der Waals surface area contributed by atoms with Crippen LogP contribution in [0, 0.1) is 15.8 Å². The van der Waals surface area contributed by atoms with Gasteiger partial charge in [-0.15, -0.1) is 0 Å². The van der Waals surface area contributed by atoms with E-state index in [2.05, 4.69) is 29.4 Å². The van der Waals surface area contributed by atoms with Gasteiger partial charge in [-0.05, 0) is 31.0 Å². The minimum Gasteiger partial charge on any atom is -0.378 e. The molecule has 1 aliphatic heterocycles. The van der Waals surface area contributed by atoms with Crippen LogP contribution in [0.3, 0.4) is 0 Å². The molecule has 5 nitrogen and oxygen atoms in total. The second-order valence-corrected chi connectivity index (χ2v) is 8.34. The first-order valence-electron chi connectivity index (χ1n) is 7.13. The van der Waals surface area contributed by atoms with Crippen molar-refractivity contribution in [3.05, 3.63) is 3.95 Å². The summed E-state index contributed by atoms with van der Waals surface area (Å²) in [5.41, 5.74) is 0. The predicted octanol–water partition coefficient (Wildman–Crippen LogP) is 2.86. The molecule has 1 amide bonds. The summed E-state index contributed by atoms with van der Waals surface area (Å²) in [6.45, 7) is 5.88. The van der Waals surface area contributed by atoms with Gasteiger partial charge in [0.1, 0.15) is 0 Å². The molecule has 0 radical (unpaired) electrons. The number of carbonyl (C=O) groups excluding carboxylic acids is 1. The number of ether oxygens (including phenoxy) is 1. The minimum absolute atomic E-state index is 0.0363. The van der Waals surface area contributed by atoms with Crippen LogP contribution in [0.4, 0.5) is 0 Å². The highest BCUT2D eigenvalue weighted by Gasteiger charge is 2.28. The van der Waals surface area contributed by atoms with Crippen molar-refractivity contribution >= 4 is 41.2 Å². The molecule has 1 aliphatic rings. The zero-order valence-corrected chi connectivity index (χ0v) is 14.7. The Kier molecular flexibility index (Phi) is 6.66. The van der Waals surface area contributed by atoms with Crippen LogP contribution < -0.4 is 5.32 Å². The lowest BCUT2D eigenvalue weighted by molar-refractivity contribution is -0.119. The molecule has 1 fully saturated rings. The number of nitrogens with one attached hydrogen (secondary N) is 2. The average Bonchev–Trinajstić information content (AvgIpc) is 2.88. The summed E-state index contributed by atoms with van der Waals surface area (Å²) in [5, 5.41) is 9.75. The summed E-state index contributed by atoms with van der Waals surface area (Å²) in [6, 6.07) is 0. The fourth-order valence-corrected chi connectivity index (χ4v) is 4.43. The molecule has 0 aliphatic carbocycles. The van der Waals surface area contributed by atoms with Crippen LogP contribution in [0.25, 0.3) is 0 Å². The molecule has 2 heterocycles. The van der Waals surface area contributed by atoms with Crippen molar-refractivity contribution in [2.24, 2.45) is 11.8 Å². The Morgan fingerprint density at radius 1 is 1.67 bits per heavy atom. The van der Waals surface area contributed by atoms with E-state index in [-0.39, 0.29) is 12.0 Å². The highest BCUT2D eigenvalue weighted by atomic mass is 32.2. The Morgan fingerprint density at radius 2 is 2.48 bits per heavy atom. The monoisotopic (exact) mass is 347 g/mol. The highest BCUT2D eigenvalue weighted by Crippen LogP contribution is 2.26. The van der Waals surface area contributed by atoms with Gasteiger partial charge in [-0.2, -0.15) is 5.10 Å². The van der Waals surface area contributed by atoms with Gasteiger partial charge in [0.05, 0.1) is 11.9 Å². The zero-order valence-electron chi connectivity index (χ0n) is 12.3. The van der Waals surface area contributed by atoms with Gasteiger partial charge in [-0.3, -0.25) is 9.89 Å². The summed E-state index contributed by atoms with van der Waals surface area (Å²) in [5.74, 6) is 1.31. The average molecular weight is 348 g/mol. The van der Waals surface area contributed by atoms with Crippen LogP contribution >= 0.6 is 35.3 Å². The Hall–Kier alpha value is -0.440. The van der Waals surface area contributed by atoms with E-state index in [1.54, 1.807) is 0 Å². The van der Waals surface area contributed by atoms with E-state index in [0.29, 0.717) is 28.1 Å². The number of carbonyl (C=O) groups is 1. The second-order valence-electron chi connectivity index (χ2n) is 5.45. The Morgan fingerprint density at radius 3 is 3.14 bits per heavy atom. The molecule has 118 valence electrons. The van der Waals surface area contributed by atoms with E-state index in [1.165, 1.54) is 23.1 Å². The van der Waals surface area contributed by atoms with Gasteiger partial charge in [-0.1, -0.05) is 36.9 Å². The fourth-order valence-electron chi connectivity index (χ4n) is 2.52. The molecule has 21 heavy (non-hydrogen) atoms. The zero-order chi connectivity index (χ0) is 15.2. The quantitative estimate of drug-likeness (QED) is 0.612. The van der Waals surface area contributed by atoms with Crippen molar-refractivity contribution in [3.63, 3.8) is 0 Å². The molecule has 2 unspecified atom stereocenters. The molecule has 0 saturated carbocycles. The number of aromatic amines is 1. The lowest BCUT2D eigenvalue weighted by Gasteiger charge is -2.34. The minimum atomic E-state index is 0.0363. The summed E-state index contributed by atoms with van der Waals surface area (Å²) in [4.78, 5) is 11.9. The number of thioether (sulfide) groups is 1. The van der Waals surface area contributed by atoms with Crippen LogP contribution in [0.15, 0.2) is 4.34 Å². The maximum absolute atomic E-state index is 11.9. The largest absolute Gasteiger partial charge is 0.378 e. The number of amides is 1. The van der Waals surface area contributed by atoms with Crippen molar-refractivity contribution in [2.75, 3.05) is 18.9 Å². The van der Waals surface area contributed by atoms with E-state index in [0.717, 1.165) is 23.8 Å². The van der Waals surface area contributed by atoms with Crippen LogP contribution in [0.2, 0.25) is 0 Å². The molecule has 2 N–H and O–H groups in total. The van der Waals surface area contributed by atoms with E-state index in [4.69, 9.17) is 17.0 Å². The standard InChI is InChI=1S/C13H21N3O2S3/c1-8(2)11-9(4-3-5-18-11)6-14-10(17)7-20-13-16-15-12(19)21-13/h8-9,11H,3-7H2,1-2H3,(H,14,17)(H,15,19). The molecule has 1 aromatic rings. The lowest BCUT2D eigenvalue weighted by atomic mass is 9.87. The number of rotatable bonds is 6. The van der Waals surface area contributed by atoms with Gasteiger partial charge in [0.2, 0.25) is 5.91 Å². The summed E-state index contributed by atoms with van der Waals surface area (Å²) in [6.07, 6.45) is 2.45. The van der Waals surface area contributed by atoms with E-state index in [1.807, 2.05) is 0 Å². The number of H-pyrrole nitrogens is 1. The smallest absolute Gasteiger partial charge is 0.230 e. The van der Waals surface area contributed by atoms with E-state index < -0.39 is 0 Å². The van der Waals surface area contributed by atoms with Gasteiger partial charge in [0.15, 0.2) is 8.29 Å². The normalized spacial score (nSPS) is 22.4. The summed E-state index contributed by atoms with van der Waals surface area (Å²) in [7, 11) is 0. The summed E-state index contributed by atoms with van der Waals surface area (Å²) < 4.78 is 7.27.